The van der Waals surface area contributed by atoms with Crippen LogP contribution in [0, 0.1) is 0 Å². The zero-order chi connectivity index (χ0) is 14.1. The molecule has 0 amide bonds. The molecule has 0 aliphatic heterocycles. The molecule has 0 fully saturated rings. The van der Waals surface area contributed by atoms with Crippen molar-refractivity contribution in [2.24, 2.45) is 10.7 Å². The van der Waals surface area contributed by atoms with Crippen LogP contribution in [0.3, 0.4) is 0 Å². The van der Waals surface area contributed by atoms with Crippen molar-refractivity contribution in [1.29, 1.82) is 0 Å². The molecule has 4 N–H and O–H groups in total. The summed E-state index contributed by atoms with van der Waals surface area (Å²) in [7, 11) is 1.54. The van der Waals surface area contributed by atoms with Gasteiger partial charge in [0.25, 0.3) is 0 Å². The molecule has 0 aromatic heterocycles. The molecule has 1 rings (SSSR count). The highest BCUT2D eigenvalue weighted by molar-refractivity contribution is 14.0. The van der Waals surface area contributed by atoms with Gasteiger partial charge < -0.3 is 20.9 Å². The lowest BCUT2D eigenvalue weighted by Crippen LogP contribution is -2.33. The predicted molar refractivity (Wildman–Crippen MR) is 93.2 cm³/mol. The summed E-state index contributed by atoms with van der Waals surface area (Å²) in [5.74, 6) is 1.13. The normalized spacial score (nSPS) is 10.8. The largest absolute Gasteiger partial charge is 0.504 e. The molecule has 114 valence electrons. The summed E-state index contributed by atoms with van der Waals surface area (Å²) in [5.41, 5.74) is 6.81. The highest BCUT2D eigenvalue weighted by Gasteiger charge is 2.02. The van der Waals surface area contributed by atoms with Crippen molar-refractivity contribution in [3.05, 3.63) is 23.8 Å². The van der Waals surface area contributed by atoms with Crippen LogP contribution in [0.4, 0.5) is 0 Å². The highest BCUT2D eigenvalue weighted by Crippen LogP contribution is 2.26. The van der Waals surface area contributed by atoms with Gasteiger partial charge in [0.1, 0.15) is 0 Å². The molecule has 0 saturated heterocycles. The standard InChI is InChI=1S/C14H23N3O2.HI/c1-3-4-8-16-14(15)17-9-7-11-5-6-12(18)13(10-11)19-2;/h5-6,10,18H,3-4,7-9H2,1-2H3,(H3,15,16,17);1H. The number of rotatable bonds is 7. The number of aromatic hydroxyl groups is 1. The van der Waals surface area contributed by atoms with Gasteiger partial charge in [-0.1, -0.05) is 19.4 Å². The Morgan fingerprint density at radius 3 is 2.85 bits per heavy atom. The number of hydrogen-bond donors (Lipinski definition) is 3. The summed E-state index contributed by atoms with van der Waals surface area (Å²) in [4.78, 5) is 4.21. The van der Waals surface area contributed by atoms with Crippen molar-refractivity contribution in [3.63, 3.8) is 0 Å². The summed E-state index contributed by atoms with van der Waals surface area (Å²) in [6, 6.07) is 5.32. The average Bonchev–Trinajstić information content (AvgIpc) is 2.41. The van der Waals surface area contributed by atoms with Crippen molar-refractivity contribution in [2.75, 3.05) is 20.2 Å². The van der Waals surface area contributed by atoms with Crippen LogP contribution in [0.5, 0.6) is 11.5 Å². The minimum Gasteiger partial charge on any atom is -0.504 e. The Balaban J connectivity index is 0.00000361. The lowest BCUT2D eigenvalue weighted by Gasteiger charge is -2.08. The third kappa shape index (κ3) is 6.83. The fourth-order valence-corrected chi connectivity index (χ4v) is 1.63. The van der Waals surface area contributed by atoms with Crippen molar-refractivity contribution in [3.8, 4) is 11.5 Å². The maximum atomic E-state index is 9.49. The zero-order valence-electron chi connectivity index (χ0n) is 12.1. The molecular formula is C14H24IN3O2. The molecule has 20 heavy (non-hydrogen) atoms. The van der Waals surface area contributed by atoms with Crippen LogP contribution in [-0.4, -0.2) is 31.3 Å². The number of ether oxygens (including phenoxy) is 1. The number of benzene rings is 1. The van der Waals surface area contributed by atoms with Gasteiger partial charge >= 0.3 is 0 Å². The van der Waals surface area contributed by atoms with Gasteiger partial charge in [-0.15, -0.1) is 24.0 Å². The Hall–Kier alpha value is -1.18. The molecule has 0 heterocycles. The predicted octanol–water partition coefficient (Wildman–Crippen LogP) is 2.27. The van der Waals surface area contributed by atoms with Gasteiger partial charge in [-0.2, -0.15) is 0 Å². The van der Waals surface area contributed by atoms with E-state index in [1.54, 1.807) is 6.07 Å². The van der Waals surface area contributed by atoms with E-state index in [0.29, 0.717) is 18.3 Å². The van der Waals surface area contributed by atoms with E-state index >= 15 is 0 Å². The summed E-state index contributed by atoms with van der Waals surface area (Å²) in [5, 5.41) is 12.6. The Labute approximate surface area is 137 Å². The van der Waals surface area contributed by atoms with E-state index in [-0.39, 0.29) is 29.7 Å². The molecule has 0 spiro atoms. The first-order valence-electron chi connectivity index (χ1n) is 6.57. The number of phenols is 1. The Morgan fingerprint density at radius 2 is 2.20 bits per heavy atom. The molecule has 5 nitrogen and oxygen atoms in total. The van der Waals surface area contributed by atoms with Crippen molar-refractivity contribution >= 4 is 29.9 Å². The first kappa shape index (κ1) is 18.8. The molecular weight excluding hydrogens is 369 g/mol. The van der Waals surface area contributed by atoms with E-state index in [2.05, 4.69) is 17.2 Å². The summed E-state index contributed by atoms with van der Waals surface area (Å²) < 4.78 is 5.06. The molecule has 0 aliphatic carbocycles. The number of nitrogens with two attached hydrogens (primary N) is 1. The second-order valence-electron chi connectivity index (χ2n) is 4.30. The van der Waals surface area contributed by atoms with Crippen LogP contribution in [0.1, 0.15) is 25.3 Å². The number of nitrogens with one attached hydrogen (secondary N) is 1. The number of aliphatic imine (C=N–C) groups is 1. The van der Waals surface area contributed by atoms with E-state index in [1.807, 2.05) is 12.1 Å². The number of methoxy groups -OCH3 is 1. The van der Waals surface area contributed by atoms with E-state index < -0.39 is 0 Å². The molecule has 0 atom stereocenters. The molecule has 0 bridgehead atoms. The fourth-order valence-electron chi connectivity index (χ4n) is 1.63. The lowest BCUT2D eigenvalue weighted by molar-refractivity contribution is 0.373. The minimum atomic E-state index is 0. The highest BCUT2D eigenvalue weighted by atomic mass is 127. The van der Waals surface area contributed by atoms with E-state index in [0.717, 1.165) is 31.4 Å². The number of unbranched alkanes of at least 4 members (excludes halogenated alkanes) is 1. The van der Waals surface area contributed by atoms with Crippen LogP contribution in [0.2, 0.25) is 0 Å². The maximum Gasteiger partial charge on any atom is 0.188 e. The smallest absolute Gasteiger partial charge is 0.188 e. The Kier molecular flexibility index (Phi) is 9.96. The molecule has 1 aromatic carbocycles. The Bertz CT molecular complexity index is 425. The van der Waals surface area contributed by atoms with Gasteiger partial charge in [0.15, 0.2) is 17.5 Å². The first-order chi connectivity index (χ1) is 9.17. The summed E-state index contributed by atoms with van der Waals surface area (Å²) >= 11 is 0. The minimum absolute atomic E-state index is 0. The number of guanidine groups is 1. The van der Waals surface area contributed by atoms with Crippen LogP contribution in [-0.2, 0) is 6.42 Å². The van der Waals surface area contributed by atoms with Crippen molar-refractivity contribution < 1.29 is 9.84 Å². The fraction of sp³-hybridized carbons (Fsp3) is 0.500. The van der Waals surface area contributed by atoms with Crippen molar-refractivity contribution in [2.45, 2.75) is 26.2 Å². The number of halogens is 1. The van der Waals surface area contributed by atoms with Crippen LogP contribution < -0.4 is 15.8 Å². The van der Waals surface area contributed by atoms with Gasteiger partial charge in [0.2, 0.25) is 0 Å². The van der Waals surface area contributed by atoms with Gasteiger partial charge in [0, 0.05) is 13.1 Å². The third-order valence-electron chi connectivity index (χ3n) is 2.76. The monoisotopic (exact) mass is 393 g/mol. The average molecular weight is 393 g/mol. The Morgan fingerprint density at radius 1 is 1.45 bits per heavy atom. The van der Waals surface area contributed by atoms with Crippen LogP contribution >= 0.6 is 24.0 Å². The van der Waals surface area contributed by atoms with E-state index in [4.69, 9.17) is 10.5 Å². The topological polar surface area (TPSA) is 79.9 Å². The second-order valence-corrected chi connectivity index (χ2v) is 4.30. The number of hydrogen-bond acceptors (Lipinski definition) is 3. The second kappa shape index (κ2) is 10.6. The molecule has 6 heteroatoms. The summed E-state index contributed by atoms with van der Waals surface area (Å²) in [6.45, 7) is 3.59. The molecule has 0 saturated carbocycles. The SMILES string of the molecule is CCCCN=C(N)NCCc1ccc(O)c(OC)c1.I. The van der Waals surface area contributed by atoms with Crippen LogP contribution in [0.15, 0.2) is 23.2 Å². The first-order valence-corrected chi connectivity index (χ1v) is 6.57. The lowest BCUT2D eigenvalue weighted by atomic mass is 10.1. The van der Waals surface area contributed by atoms with E-state index in [1.165, 1.54) is 7.11 Å². The number of phenolic OH excluding ortho intramolecular Hbond substituents is 1. The van der Waals surface area contributed by atoms with Crippen LogP contribution in [0.25, 0.3) is 0 Å². The third-order valence-corrected chi connectivity index (χ3v) is 2.76. The van der Waals surface area contributed by atoms with Gasteiger partial charge in [-0.3, -0.25) is 4.99 Å². The molecule has 0 unspecified atom stereocenters. The molecule has 0 radical (unpaired) electrons. The van der Waals surface area contributed by atoms with Crippen molar-refractivity contribution in [1.82, 2.24) is 5.32 Å². The van der Waals surface area contributed by atoms with Gasteiger partial charge in [0.05, 0.1) is 7.11 Å². The summed E-state index contributed by atoms with van der Waals surface area (Å²) in [6.07, 6.45) is 2.96. The molecule has 1 aromatic rings. The number of nitrogens with zero attached hydrogens (tertiary/aromatic N) is 1. The maximum absolute atomic E-state index is 9.49. The van der Waals surface area contributed by atoms with Gasteiger partial charge in [-0.25, -0.2) is 0 Å². The quantitative estimate of drug-likeness (QED) is 0.287. The zero-order valence-corrected chi connectivity index (χ0v) is 14.4. The van der Waals surface area contributed by atoms with Gasteiger partial charge in [-0.05, 0) is 30.5 Å². The molecule has 0 aliphatic rings. The van der Waals surface area contributed by atoms with E-state index in [9.17, 15) is 5.11 Å².